The average molecular weight is 260 g/mol. The maximum Gasteiger partial charge on any atom is 0.325 e. The third-order valence-electron chi connectivity index (χ3n) is 3.18. The van der Waals surface area contributed by atoms with Crippen LogP contribution in [0.3, 0.4) is 0 Å². The van der Waals surface area contributed by atoms with E-state index in [1.807, 2.05) is 35.0 Å². The van der Waals surface area contributed by atoms with Crippen molar-refractivity contribution in [2.45, 2.75) is 32.9 Å². The van der Waals surface area contributed by atoms with E-state index in [4.69, 9.17) is 10.5 Å². The number of fused-ring (bicyclic) bond motifs is 1. The molecular weight excluding hydrogens is 240 g/mol. The Morgan fingerprint density at radius 1 is 1.37 bits per heavy atom. The van der Waals surface area contributed by atoms with Gasteiger partial charge < -0.3 is 15.0 Å². The summed E-state index contributed by atoms with van der Waals surface area (Å²) in [6, 6.07) is 7.96. The van der Waals surface area contributed by atoms with Crippen molar-refractivity contribution in [1.82, 2.24) is 4.57 Å². The maximum atomic E-state index is 11.7. The highest BCUT2D eigenvalue weighted by Crippen LogP contribution is 2.20. The Hall–Kier alpha value is -1.81. The van der Waals surface area contributed by atoms with E-state index in [9.17, 15) is 4.79 Å². The first-order valence-electron chi connectivity index (χ1n) is 6.68. The van der Waals surface area contributed by atoms with Crippen molar-refractivity contribution in [2.75, 3.05) is 6.61 Å². The Morgan fingerprint density at radius 2 is 2.21 bits per heavy atom. The Labute approximate surface area is 113 Å². The average Bonchev–Trinajstić information content (AvgIpc) is 2.82. The van der Waals surface area contributed by atoms with Gasteiger partial charge in [0.25, 0.3) is 0 Å². The van der Waals surface area contributed by atoms with Gasteiger partial charge >= 0.3 is 5.97 Å². The van der Waals surface area contributed by atoms with Crippen molar-refractivity contribution in [3.63, 3.8) is 0 Å². The molecule has 0 saturated carbocycles. The largest absolute Gasteiger partial charge is 0.464 e. The molecule has 4 heteroatoms. The Morgan fingerprint density at radius 3 is 2.95 bits per heavy atom. The number of carbonyl (C=O) groups is 1. The molecule has 0 atom stereocenters. The minimum atomic E-state index is -0.191. The first-order chi connectivity index (χ1) is 9.26. The number of unbranched alkanes of at least 4 members (excludes halogenated alkanes) is 1. The van der Waals surface area contributed by atoms with Crippen LogP contribution < -0.4 is 5.73 Å². The van der Waals surface area contributed by atoms with E-state index in [0.717, 1.165) is 29.3 Å². The molecule has 0 saturated heterocycles. The number of nitrogens with zero attached hydrogens (tertiary/aromatic N) is 1. The van der Waals surface area contributed by atoms with Crippen LogP contribution in [0.2, 0.25) is 0 Å². The van der Waals surface area contributed by atoms with Crippen molar-refractivity contribution in [3.8, 4) is 0 Å². The van der Waals surface area contributed by atoms with E-state index >= 15 is 0 Å². The van der Waals surface area contributed by atoms with E-state index in [2.05, 4.69) is 6.92 Å². The Balaban J connectivity index is 2.11. The number of carbonyl (C=O) groups excluding carboxylic acids is 1. The number of aromatic nitrogens is 1. The van der Waals surface area contributed by atoms with Gasteiger partial charge in [0.05, 0.1) is 6.61 Å². The molecule has 0 fully saturated rings. The van der Waals surface area contributed by atoms with Crippen molar-refractivity contribution < 1.29 is 9.53 Å². The summed E-state index contributed by atoms with van der Waals surface area (Å²) in [5.74, 6) is -0.191. The van der Waals surface area contributed by atoms with Gasteiger partial charge in [-0.3, -0.25) is 4.79 Å². The molecule has 2 rings (SSSR count). The molecule has 0 radical (unpaired) electrons. The number of hydrogen-bond donors (Lipinski definition) is 1. The van der Waals surface area contributed by atoms with E-state index in [0.29, 0.717) is 13.2 Å². The second kappa shape index (κ2) is 6.38. The van der Waals surface area contributed by atoms with Crippen LogP contribution in [-0.4, -0.2) is 17.1 Å². The minimum Gasteiger partial charge on any atom is -0.464 e. The molecule has 0 amide bonds. The molecule has 0 spiro atoms. The molecule has 1 aromatic carbocycles. The fourth-order valence-corrected chi connectivity index (χ4v) is 2.12. The predicted molar refractivity (Wildman–Crippen MR) is 75.7 cm³/mol. The van der Waals surface area contributed by atoms with Crippen LogP contribution in [0.4, 0.5) is 0 Å². The molecule has 102 valence electrons. The molecule has 0 aliphatic carbocycles. The molecule has 1 heterocycles. The quantitative estimate of drug-likeness (QED) is 0.641. The summed E-state index contributed by atoms with van der Waals surface area (Å²) in [7, 11) is 0. The number of rotatable bonds is 6. The van der Waals surface area contributed by atoms with Gasteiger partial charge in [-0.25, -0.2) is 0 Å². The fourth-order valence-electron chi connectivity index (χ4n) is 2.12. The molecular formula is C15H20N2O2. The lowest BCUT2D eigenvalue weighted by atomic mass is 10.1. The lowest BCUT2D eigenvalue weighted by molar-refractivity contribution is -0.144. The van der Waals surface area contributed by atoms with Gasteiger partial charge in [-0.15, -0.1) is 0 Å². The van der Waals surface area contributed by atoms with Crippen LogP contribution in [-0.2, 0) is 22.6 Å². The van der Waals surface area contributed by atoms with Crippen LogP contribution >= 0.6 is 0 Å². The molecule has 0 aliphatic rings. The molecule has 2 N–H and O–H groups in total. The molecule has 0 aliphatic heterocycles. The predicted octanol–water partition coefficient (Wildman–Crippen LogP) is 2.44. The van der Waals surface area contributed by atoms with Crippen LogP contribution in [0, 0.1) is 0 Å². The molecule has 0 unspecified atom stereocenters. The van der Waals surface area contributed by atoms with Crippen LogP contribution in [0.15, 0.2) is 30.5 Å². The zero-order chi connectivity index (χ0) is 13.7. The minimum absolute atomic E-state index is 0.191. The number of nitrogens with two attached hydrogens (primary N) is 1. The Bertz CT molecular complexity index is 560. The second-order valence-corrected chi connectivity index (χ2v) is 4.57. The lowest BCUT2D eigenvalue weighted by Gasteiger charge is -2.07. The SMILES string of the molecule is CCCCOC(=O)Cn1ccc2c(CN)cccc21. The summed E-state index contributed by atoms with van der Waals surface area (Å²) in [6.45, 7) is 3.33. The van der Waals surface area contributed by atoms with E-state index < -0.39 is 0 Å². The van der Waals surface area contributed by atoms with Crippen LogP contribution in [0.5, 0.6) is 0 Å². The lowest BCUT2D eigenvalue weighted by Crippen LogP contribution is -2.13. The highest BCUT2D eigenvalue weighted by molar-refractivity contribution is 5.85. The third-order valence-corrected chi connectivity index (χ3v) is 3.18. The third kappa shape index (κ3) is 3.15. The van der Waals surface area contributed by atoms with Crippen molar-refractivity contribution in [1.29, 1.82) is 0 Å². The normalized spacial score (nSPS) is 10.8. The smallest absolute Gasteiger partial charge is 0.325 e. The van der Waals surface area contributed by atoms with Gasteiger partial charge in [0.2, 0.25) is 0 Å². The molecule has 19 heavy (non-hydrogen) atoms. The topological polar surface area (TPSA) is 57.2 Å². The van der Waals surface area contributed by atoms with Crippen LogP contribution in [0.1, 0.15) is 25.3 Å². The summed E-state index contributed by atoms with van der Waals surface area (Å²) < 4.78 is 7.08. The van der Waals surface area contributed by atoms with Crippen molar-refractivity contribution in [2.24, 2.45) is 5.73 Å². The summed E-state index contributed by atoms with van der Waals surface area (Å²) in [5, 5.41) is 1.10. The van der Waals surface area contributed by atoms with Gasteiger partial charge in [0.1, 0.15) is 6.54 Å². The summed E-state index contributed by atoms with van der Waals surface area (Å²) >= 11 is 0. The van der Waals surface area contributed by atoms with E-state index in [-0.39, 0.29) is 12.5 Å². The fraction of sp³-hybridized carbons (Fsp3) is 0.400. The van der Waals surface area contributed by atoms with Crippen molar-refractivity contribution >= 4 is 16.9 Å². The first kappa shape index (κ1) is 13.6. The number of hydrogen-bond acceptors (Lipinski definition) is 3. The monoisotopic (exact) mass is 260 g/mol. The van der Waals surface area contributed by atoms with Gasteiger partial charge in [-0.05, 0) is 24.1 Å². The Kier molecular flexibility index (Phi) is 4.58. The molecule has 1 aromatic heterocycles. The van der Waals surface area contributed by atoms with E-state index in [1.165, 1.54) is 0 Å². The van der Waals surface area contributed by atoms with Gasteiger partial charge in [0, 0.05) is 23.6 Å². The van der Waals surface area contributed by atoms with E-state index in [1.54, 1.807) is 0 Å². The number of benzene rings is 1. The van der Waals surface area contributed by atoms with Crippen molar-refractivity contribution in [3.05, 3.63) is 36.0 Å². The number of ether oxygens (including phenoxy) is 1. The standard InChI is InChI=1S/C15H20N2O2/c1-2-3-9-19-15(18)11-17-8-7-13-12(10-16)5-4-6-14(13)17/h4-8H,2-3,9-11,16H2,1H3. The highest BCUT2D eigenvalue weighted by Gasteiger charge is 2.08. The second-order valence-electron chi connectivity index (χ2n) is 4.57. The molecule has 2 aromatic rings. The zero-order valence-corrected chi connectivity index (χ0v) is 11.3. The summed E-state index contributed by atoms with van der Waals surface area (Å²) in [6.07, 6.45) is 3.85. The van der Waals surface area contributed by atoms with Gasteiger partial charge in [0.15, 0.2) is 0 Å². The maximum absolute atomic E-state index is 11.7. The van der Waals surface area contributed by atoms with Gasteiger partial charge in [-0.2, -0.15) is 0 Å². The number of esters is 1. The first-order valence-corrected chi connectivity index (χ1v) is 6.68. The highest BCUT2D eigenvalue weighted by atomic mass is 16.5. The van der Waals surface area contributed by atoms with Gasteiger partial charge in [-0.1, -0.05) is 25.5 Å². The van der Waals surface area contributed by atoms with Crippen LogP contribution in [0.25, 0.3) is 10.9 Å². The zero-order valence-electron chi connectivity index (χ0n) is 11.3. The summed E-state index contributed by atoms with van der Waals surface area (Å²) in [5.41, 5.74) is 7.82. The summed E-state index contributed by atoms with van der Waals surface area (Å²) in [4.78, 5) is 11.7. The molecule has 0 bridgehead atoms. The molecule has 4 nitrogen and oxygen atoms in total.